The fraction of sp³-hybridized carbons (Fsp3) is 0.0800. The monoisotopic (exact) mass is 400 g/mol. The number of nitrogens with zero attached hydrogens (tertiary/aromatic N) is 1. The molecule has 0 saturated carbocycles. The third-order valence-electron chi connectivity index (χ3n) is 4.70. The molecule has 0 aliphatic heterocycles. The fourth-order valence-corrected chi connectivity index (χ4v) is 3.38. The lowest BCUT2D eigenvalue weighted by Gasteiger charge is -2.11. The largest absolute Gasteiger partial charge is 0.488 e. The molecule has 4 aromatic carbocycles. The van der Waals surface area contributed by atoms with E-state index in [1.807, 2.05) is 54.6 Å². The third-order valence-corrected chi connectivity index (χ3v) is 5.07. The summed E-state index contributed by atoms with van der Waals surface area (Å²) in [5.74, 6) is 0.795. The molecule has 0 unspecified atom stereocenters. The van der Waals surface area contributed by atoms with Crippen molar-refractivity contribution in [2.24, 2.45) is 5.10 Å². The summed E-state index contributed by atoms with van der Waals surface area (Å²) in [6.07, 6.45) is 1.77. The van der Waals surface area contributed by atoms with Crippen molar-refractivity contribution in [2.75, 3.05) is 0 Å². The first-order valence-corrected chi connectivity index (χ1v) is 9.87. The average molecular weight is 401 g/mol. The zero-order valence-corrected chi connectivity index (χ0v) is 16.6. The van der Waals surface area contributed by atoms with Crippen LogP contribution in [0.2, 0.25) is 5.02 Å². The number of benzene rings is 4. The number of hydrogen-bond donors (Lipinski definition) is 1. The molecule has 0 fully saturated rings. The van der Waals surface area contributed by atoms with E-state index in [-0.39, 0.29) is 0 Å². The van der Waals surface area contributed by atoms with Crippen LogP contribution in [0.3, 0.4) is 0 Å². The lowest BCUT2D eigenvalue weighted by molar-refractivity contribution is 0.307. The van der Waals surface area contributed by atoms with E-state index in [0.717, 1.165) is 27.5 Å². The van der Waals surface area contributed by atoms with Crippen LogP contribution >= 0.6 is 11.6 Å². The lowest BCUT2D eigenvalue weighted by atomic mass is 10.1. The van der Waals surface area contributed by atoms with Crippen LogP contribution in [0, 0.1) is 0 Å². The Balaban J connectivity index is 1.43. The van der Waals surface area contributed by atoms with E-state index in [1.165, 1.54) is 10.8 Å². The molecule has 3 nitrogen and oxygen atoms in total. The predicted octanol–water partition coefficient (Wildman–Crippen LogP) is 6.20. The Hall–Kier alpha value is -3.30. The maximum absolute atomic E-state index is 6.17. The Morgan fingerprint density at radius 3 is 2.45 bits per heavy atom. The first-order chi connectivity index (χ1) is 14.3. The van der Waals surface area contributed by atoms with E-state index in [2.05, 4.69) is 46.9 Å². The second kappa shape index (κ2) is 9.26. The van der Waals surface area contributed by atoms with Crippen molar-refractivity contribution in [2.45, 2.75) is 13.2 Å². The Labute approximate surface area is 175 Å². The van der Waals surface area contributed by atoms with Crippen molar-refractivity contribution in [3.05, 3.63) is 113 Å². The molecule has 0 aromatic heterocycles. The van der Waals surface area contributed by atoms with Gasteiger partial charge in [0.1, 0.15) is 12.4 Å². The number of halogens is 1. The molecule has 0 bridgehead atoms. The van der Waals surface area contributed by atoms with Crippen LogP contribution in [0.5, 0.6) is 5.75 Å². The summed E-state index contributed by atoms with van der Waals surface area (Å²) in [5, 5.41) is 7.49. The maximum Gasteiger partial charge on any atom is 0.128 e. The number of hydrogen-bond acceptors (Lipinski definition) is 3. The second-order valence-corrected chi connectivity index (χ2v) is 7.06. The topological polar surface area (TPSA) is 33.6 Å². The summed E-state index contributed by atoms with van der Waals surface area (Å²) in [6.45, 7) is 1.06. The summed E-state index contributed by atoms with van der Waals surface area (Å²) in [4.78, 5) is 0. The molecule has 0 saturated heterocycles. The number of hydrazone groups is 1. The van der Waals surface area contributed by atoms with Gasteiger partial charge in [-0.3, -0.25) is 0 Å². The Morgan fingerprint density at radius 1 is 0.793 bits per heavy atom. The van der Waals surface area contributed by atoms with Crippen molar-refractivity contribution in [1.29, 1.82) is 0 Å². The third kappa shape index (κ3) is 4.76. The molecule has 4 rings (SSSR count). The van der Waals surface area contributed by atoms with Gasteiger partial charge in [0, 0.05) is 10.6 Å². The van der Waals surface area contributed by atoms with Gasteiger partial charge in [0.15, 0.2) is 0 Å². The van der Waals surface area contributed by atoms with Crippen molar-refractivity contribution in [3.63, 3.8) is 0 Å². The van der Waals surface area contributed by atoms with Crippen LogP contribution in [0.25, 0.3) is 10.8 Å². The van der Waals surface area contributed by atoms with E-state index in [0.29, 0.717) is 13.2 Å². The Morgan fingerprint density at radius 2 is 1.52 bits per heavy atom. The fourth-order valence-electron chi connectivity index (χ4n) is 3.18. The number of para-hydroxylation sites is 1. The minimum atomic E-state index is 0.499. The van der Waals surface area contributed by atoms with Crippen LogP contribution in [0.15, 0.2) is 96.1 Å². The van der Waals surface area contributed by atoms with Crippen LogP contribution in [-0.4, -0.2) is 6.21 Å². The van der Waals surface area contributed by atoms with Gasteiger partial charge in [-0.05, 0) is 40.1 Å². The molecule has 4 aromatic rings. The van der Waals surface area contributed by atoms with Crippen LogP contribution in [-0.2, 0) is 13.2 Å². The molecule has 0 radical (unpaired) electrons. The minimum Gasteiger partial charge on any atom is -0.488 e. The van der Waals surface area contributed by atoms with E-state index >= 15 is 0 Å². The molecule has 0 atom stereocenters. The van der Waals surface area contributed by atoms with E-state index in [9.17, 15) is 0 Å². The minimum absolute atomic E-state index is 0.499. The molecule has 0 aliphatic rings. The Kier molecular flexibility index (Phi) is 6.08. The summed E-state index contributed by atoms with van der Waals surface area (Å²) in [6, 6.07) is 30.2. The van der Waals surface area contributed by atoms with Crippen LogP contribution in [0.1, 0.15) is 16.7 Å². The highest BCUT2D eigenvalue weighted by molar-refractivity contribution is 6.31. The van der Waals surface area contributed by atoms with Crippen LogP contribution in [0.4, 0.5) is 0 Å². The van der Waals surface area contributed by atoms with Crippen molar-refractivity contribution < 1.29 is 4.74 Å². The van der Waals surface area contributed by atoms with Gasteiger partial charge < -0.3 is 10.2 Å². The van der Waals surface area contributed by atoms with Gasteiger partial charge in [0.05, 0.1) is 12.8 Å². The average Bonchev–Trinajstić information content (AvgIpc) is 2.77. The van der Waals surface area contributed by atoms with Gasteiger partial charge in [0.2, 0.25) is 0 Å². The summed E-state index contributed by atoms with van der Waals surface area (Å²) in [7, 11) is 0. The lowest BCUT2D eigenvalue weighted by Crippen LogP contribution is -2.06. The van der Waals surface area contributed by atoms with Gasteiger partial charge in [-0.25, -0.2) is 0 Å². The highest BCUT2D eigenvalue weighted by Crippen LogP contribution is 2.22. The molecule has 1 N–H and O–H groups in total. The van der Waals surface area contributed by atoms with Gasteiger partial charge in [-0.15, -0.1) is 0 Å². The number of ether oxygens (including phenoxy) is 1. The van der Waals surface area contributed by atoms with E-state index in [1.54, 1.807) is 6.21 Å². The molecular formula is C25H21ClN2O. The molecule has 4 heteroatoms. The molecule has 29 heavy (non-hydrogen) atoms. The SMILES string of the molecule is Clc1ccccc1CN/N=C\c1ccccc1OCc1cccc2ccccc12. The summed E-state index contributed by atoms with van der Waals surface area (Å²) in [5.41, 5.74) is 6.13. The summed E-state index contributed by atoms with van der Waals surface area (Å²) >= 11 is 6.17. The molecule has 144 valence electrons. The second-order valence-electron chi connectivity index (χ2n) is 6.65. The molecule has 0 heterocycles. The number of nitrogens with one attached hydrogen (secondary N) is 1. The smallest absolute Gasteiger partial charge is 0.128 e. The highest BCUT2D eigenvalue weighted by atomic mass is 35.5. The van der Waals surface area contributed by atoms with Crippen molar-refractivity contribution in [1.82, 2.24) is 5.43 Å². The van der Waals surface area contributed by atoms with Gasteiger partial charge in [-0.1, -0.05) is 84.4 Å². The van der Waals surface area contributed by atoms with E-state index in [4.69, 9.17) is 16.3 Å². The number of rotatable bonds is 7. The highest BCUT2D eigenvalue weighted by Gasteiger charge is 2.04. The molecule has 0 amide bonds. The van der Waals surface area contributed by atoms with Gasteiger partial charge in [-0.2, -0.15) is 5.10 Å². The first-order valence-electron chi connectivity index (χ1n) is 9.49. The van der Waals surface area contributed by atoms with E-state index < -0.39 is 0 Å². The zero-order valence-electron chi connectivity index (χ0n) is 15.9. The Bertz CT molecular complexity index is 1130. The molecule has 0 aliphatic carbocycles. The standard InChI is InChI=1S/C25H21ClN2O/c26-24-14-5-2-9-20(24)16-27-28-17-21-10-3-6-15-25(21)29-18-22-12-7-11-19-8-1-4-13-23(19)22/h1-15,17,27H,16,18H2/b28-17-. The van der Waals surface area contributed by atoms with Gasteiger partial charge >= 0.3 is 0 Å². The number of fused-ring (bicyclic) bond motifs is 1. The zero-order chi connectivity index (χ0) is 19.9. The first kappa shape index (κ1) is 19.0. The normalized spacial score (nSPS) is 11.1. The van der Waals surface area contributed by atoms with Crippen LogP contribution < -0.4 is 10.2 Å². The summed E-state index contributed by atoms with van der Waals surface area (Å²) < 4.78 is 6.13. The van der Waals surface area contributed by atoms with Crippen molar-refractivity contribution in [3.8, 4) is 5.75 Å². The van der Waals surface area contributed by atoms with Crippen molar-refractivity contribution >= 4 is 28.6 Å². The predicted molar refractivity (Wildman–Crippen MR) is 121 cm³/mol. The quantitative estimate of drug-likeness (QED) is 0.296. The molecule has 0 spiro atoms. The molecular weight excluding hydrogens is 380 g/mol. The van der Waals surface area contributed by atoms with Gasteiger partial charge in [0.25, 0.3) is 0 Å². The maximum atomic E-state index is 6.17.